The van der Waals surface area contributed by atoms with Crippen LogP contribution < -0.4 is 9.47 Å². The molecule has 0 aliphatic carbocycles. The molecule has 9 heteroatoms. The van der Waals surface area contributed by atoms with E-state index < -0.39 is 5.97 Å². The summed E-state index contributed by atoms with van der Waals surface area (Å²) in [5.41, 5.74) is 0.634. The largest absolute Gasteiger partial charge is 0.497 e. The number of methoxy groups -OCH3 is 2. The summed E-state index contributed by atoms with van der Waals surface area (Å²) >= 11 is 6.93. The number of rotatable bonds is 6. The maximum absolute atomic E-state index is 11.9. The van der Waals surface area contributed by atoms with E-state index in [1.807, 2.05) is 0 Å². The number of esters is 1. The molecule has 0 unspecified atom stereocenters. The predicted molar refractivity (Wildman–Crippen MR) is 91.3 cm³/mol. The fourth-order valence-electron chi connectivity index (χ4n) is 2.03. The zero-order valence-electron chi connectivity index (χ0n) is 13.3. The van der Waals surface area contributed by atoms with Crippen molar-refractivity contribution in [1.82, 2.24) is 10.1 Å². The summed E-state index contributed by atoms with van der Waals surface area (Å²) in [6.07, 6.45) is 0. The molecular formula is C16H13ClN2O5S. The molecule has 3 rings (SSSR count). The second kappa shape index (κ2) is 7.54. The van der Waals surface area contributed by atoms with Crippen molar-refractivity contribution in [2.75, 3.05) is 14.2 Å². The Hall–Kier alpha value is -2.58. The number of benzene rings is 1. The van der Waals surface area contributed by atoms with Crippen molar-refractivity contribution in [2.24, 2.45) is 0 Å². The van der Waals surface area contributed by atoms with E-state index in [9.17, 15) is 4.79 Å². The van der Waals surface area contributed by atoms with E-state index in [1.54, 1.807) is 37.4 Å². The minimum atomic E-state index is -0.501. The van der Waals surface area contributed by atoms with Crippen LogP contribution in [-0.4, -0.2) is 30.3 Å². The summed E-state index contributed by atoms with van der Waals surface area (Å²) in [6.45, 7) is -0.139. The van der Waals surface area contributed by atoms with Gasteiger partial charge in [0.2, 0.25) is 5.82 Å². The third-order valence-electron chi connectivity index (χ3n) is 3.22. The number of hydrogen-bond donors (Lipinski definition) is 0. The molecule has 0 bridgehead atoms. The topological polar surface area (TPSA) is 83.7 Å². The maximum Gasteiger partial charge on any atom is 0.348 e. The van der Waals surface area contributed by atoms with Gasteiger partial charge in [-0.15, -0.1) is 11.3 Å². The Morgan fingerprint density at radius 3 is 2.76 bits per heavy atom. The van der Waals surface area contributed by atoms with E-state index in [4.69, 9.17) is 30.3 Å². The Morgan fingerprint density at radius 1 is 1.24 bits per heavy atom. The first-order valence-electron chi connectivity index (χ1n) is 7.08. The van der Waals surface area contributed by atoms with Gasteiger partial charge < -0.3 is 18.7 Å². The fraction of sp³-hybridized carbons (Fsp3) is 0.188. The molecule has 130 valence electrons. The highest BCUT2D eigenvalue weighted by atomic mass is 35.5. The standard InChI is InChI=1S/C16H13ClN2O5S/c1-21-9-3-4-10(11(7-9)22-2)15-18-14(24-19-15)8-23-16(20)12-5-6-13(17)25-12/h3-7H,8H2,1-2H3. The van der Waals surface area contributed by atoms with Gasteiger partial charge in [-0.3, -0.25) is 0 Å². The molecule has 0 saturated carbocycles. The van der Waals surface area contributed by atoms with E-state index in [0.29, 0.717) is 32.1 Å². The quantitative estimate of drug-likeness (QED) is 0.601. The smallest absolute Gasteiger partial charge is 0.348 e. The van der Waals surface area contributed by atoms with Crippen LogP contribution in [0.4, 0.5) is 0 Å². The fourth-order valence-corrected chi connectivity index (χ4v) is 2.97. The highest BCUT2D eigenvalue weighted by Crippen LogP contribution is 2.31. The molecule has 0 N–H and O–H groups in total. The van der Waals surface area contributed by atoms with Gasteiger partial charge in [0.05, 0.1) is 24.1 Å². The SMILES string of the molecule is COc1ccc(-c2noc(COC(=O)c3ccc(Cl)s3)n2)c(OC)c1. The van der Waals surface area contributed by atoms with Crippen molar-refractivity contribution in [1.29, 1.82) is 0 Å². The van der Waals surface area contributed by atoms with E-state index in [1.165, 1.54) is 7.11 Å². The predicted octanol–water partition coefficient (Wildman–Crippen LogP) is 3.83. The second-order valence-corrected chi connectivity index (χ2v) is 6.47. The number of ether oxygens (including phenoxy) is 3. The zero-order valence-corrected chi connectivity index (χ0v) is 14.9. The van der Waals surface area contributed by atoms with Gasteiger partial charge in [0, 0.05) is 6.07 Å². The molecule has 0 radical (unpaired) electrons. The monoisotopic (exact) mass is 380 g/mol. The van der Waals surface area contributed by atoms with Crippen LogP contribution in [-0.2, 0) is 11.3 Å². The molecule has 2 aromatic heterocycles. The normalized spacial score (nSPS) is 10.5. The van der Waals surface area contributed by atoms with Gasteiger partial charge in [-0.05, 0) is 24.3 Å². The summed E-state index contributed by atoms with van der Waals surface area (Å²) < 4.78 is 21.2. The highest BCUT2D eigenvalue weighted by molar-refractivity contribution is 7.17. The minimum Gasteiger partial charge on any atom is -0.497 e. The molecule has 0 spiro atoms. The lowest BCUT2D eigenvalue weighted by Gasteiger charge is -2.07. The third kappa shape index (κ3) is 3.92. The molecule has 0 amide bonds. The van der Waals surface area contributed by atoms with Crippen LogP contribution in [0.15, 0.2) is 34.9 Å². The molecular weight excluding hydrogens is 368 g/mol. The third-order valence-corrected chi connectivity index (χ3v) is 4.43. The lowest BCUT2D eigenvalue weighted by atomic mass is 10.2. The van der Waals surface area contributed by atoms with Crippen LogP contribution in [0, 0.1) is 0 Å². The van der Waals surface area contributed by atoms with Crippen LogP contribution in [0.5, 0.6) is 11.5 Å². The van der Waals surface area contributed by atoms with Crippen molar-refractivity contribution >= 4 is 28.9 Å². The van der Waals surface area contributed by atoms with E-state index >= 15 is 0 Å². The highest BCUT2D eigenvalue weighted by Gasteiger charge is 2.16. The molecule has 1 aromatic carbocycles. The van der Waals surface area contributed by atoms with Crippen LogP contribution >= 0.6 is 22.9 Å². The van der Waals surface area contributed by atoms with Crippen LogP contribution in [0.2, 0.25) is 4.34 Å². The van der Waals surface area contributed by atoms with Gasteiger partial charge in [-0.25, -0.2) is 4.79 Å². The number of carbonyl (C=O) groups is 1. The Morgan fingerprint density at radius 2 is 2.08 bits per heavy atom. The number of carbonyl (C=O) groups excluding carboxylic acids is 1. The Balaban J connectivity index is 1.71. The van der Waals surface area contributed by atoms with Crippen molar-refractivity contribution in [3.05, 3.63) is 45.4 Å². The lowest BCUT2D eigenvalue weighted by Crippen LogP contribution is -2.03. The molecule has 2 heterocycles. The molecule has 0 aliphatic heterocycles. The van der Waals surface area contributed by atoms with E-state index in [-0.39, 0.29) is 12.5 Å². The summed E-state index contributed by atoms with van der Waals surface area (Å²) in [7, 11) is 3.10. The van der Waals surface area contributed by atoms with E-state index in [0.717, 1.165) is 11.3 Å². The Kier molecular flexibility index (Phi) is 5.20. The first-order chi connectivity index (χ1) is 12.1. The number of aromatic nitrogens is 2. The van der Waals surface area contributed by atoms with Gasteiger partial charge >= 0.3 is 5.97 Å². The molecule has 3 aromatic rings. The van der Waals surface area contributed by atoms with Crippen molar-refractivity contribution in [3.8, 4) is 22.9 Å². The molecule has 7 nitrogen and oxygen atoms in total. The molecule has 0 fully saturated rings. The summed E-state index contributed by atoms with van der Waals surface area (Å²) in [5, 5.41) is 3.89. The number of nitrogens with zero attached hydrogens (tertiary/aromatic N) is 2. The van der Waals surface area contributed by atoms with E-state index in [2.05, 4.69) is 10.1 Å². The van der Waals surface area contributed by atoms with Crippen molar-refractivity contribution < 1.29 is 23.5 Å². The number of thiophene rings is 1. The van der Waals surface area contributed by atoms with Gasteiger partial charge in [0.15, 0.2) is 6.61 Å². The van der Waals surface area contributed by atoms with Crippen LogP contribution in [0.25, 0.3) is 11.4 Å². The van der Waals surface area contributed by atoms with Gasteiger partial charge in [0.1, 0.15) is 16.4 Å². The van der Waals surface area contributed by atoms with Gasteiger partial charge in [0.25, 0.3) is 5.89 Å². The molecule has 0 saturated heterocycles. The second-order valence-electron chi connectivity index (χ2n) is 4.76. The Bertz CT molecular complexity index is 892. The van der Waals surface area contributed by atoms with Crippen LogP contribution in [0.1, 0.15) is 15.6 Å². The van der Waals surface area contributed by atoms with Gasteiger partial charge in [-0.1, -0.05) is 16.8 Å². The molecule has 0 aliphatic rings. The summed E-state index contributed by atoms with van der Waals surface area (Å²) in [6, 6.07) is 8.45. The Labute approximate surface area is 152 Å². The molecule has 0 atom stereocenters. The summed E-state index contributed by atoms with van der Waals surface area (Å²) in [5.74, 6) is 1.18. The number of hydrogen-bond acceptors (Lipinski definition) is 8. The van der Waals surface area contributed by atoms with Crippen LogP contribution in [0.3, 0.4) is 0 Å². The maximum atomic E-state index is 11.9. The average molecular weight is 381 g/mol. The zero-order chi connectivity index (χ0) is 17.8. The van der Waals surface area contributed by atoms with Crippen molar-refractivity contribution in [3.63, 3.8) is 0 Å². The molecule has 25 heavy (non-hydrogen) atoms. The van der Waals surface area contributed by atoms with Crippen molar-refractivity contribution in [2.45, 2.75) is 6.61 Å². The summed E-state index contributed by atoms with van der Waals surface area (Å²) in [4.78, 5) is 16.5. The first kappa shape index (κ1) is 17.2. The lowest BCUT2D eigenvalue weighted by molar-refractivity contribution is 0.0435. The average Bonchev–Trinajstić information content (AvgIpc) is 3.28. The van der Waals surface area contributed by atoms with Gasteiger partial charge in [-0.2, -0.15) is 4.98 Å². The number of halogens is 1. The first-order valence-corrected chi connectivity index (χ1v) is 8.27. The minimum absolute atomic E-state index is 0.139.